The SMILES string of the molecule is O=C(c1cc2occc2c(Nc2ccccc2)n1)N1CCN(C(=O)c2ccco2)CC1. The molecule has 31 heavy (non-hydrogen) atoms. The van der Waals surface area contributed by atoms with Gasteiger partial charge in [0.25, 0.3) is 11.8 Å². The maximum absolute atomic E-state index is 13.1. The topological polar surface area (TPSA) is 91.8 Å². The zero-order chi connectivity index (χ0) is 21.2. The van der Waals surface area contributed by atoms with E-state index < -0.39 is 0 Å². The van der Waals surface area contributed by atoms with Crippen molar-refractivity contribution >= 4 is 34.3 Å². The summed E-state index contributed by atoms with van der Waals surface area (Å²) in [5.41, 5.74) is 1.75. The average molecular weight is 416 g/mol. The van der Waals surface area contributed by atoms with Gasteiger partial charge in [0.1, 0.15) is 17.1 Å². The molecule has 0 aliphatic carbocycles. The molecule has 4 heterocycles. The lowest BCUT2D eigenvalue weighted by Gasteiger charge is -2.34. The number of anilines is 2. The first kappa shape index (κ1) is 18.9. The van der Waals surface area contributed by atoms with Crippen LogP contribution < -0.4 is 5.32 Å². The maximum atomic E-state index is 13.1. The number of para-hydroxylation sites is 1. The molecular formula is C23H20N4O4. The minimum atomic E-state index is -0.195. The standard InChI is InChI=1S/C23H20N4O4/c28-22(26-9-11-27(12-10-26)23(29)19-7-4-13-30-19)18-15-20-17(8-14-31-20)21(25-18)24-16-5-2-1-3-6-16/h1-8,13-15H,9-12H2,(H,24,25). The van der Waals surface area contributed by atoms with Gasteiger partial charge in [0.2, 0.25) is 0 Å². The highest BCUT2D eigenvalue weighted by Crippen LogP contribution is 2.27. The average Bonchev–Trinajstić information content (AvgIpc) is 3.51. The van der Waals surface area contributed by atoms with Gasteiger partial charge in [-0.2, -0.15) is 0 Å². The predicted octanol–water partition coefficient (Wildman–Crippen LogP) is 3.76. The van der Waals surface area contributed by atoms with E-state index >= 15 is 0 Å². The van der Waals surface area contributed by atoms with E-state index in [0.29, 0.717) is 49.0 Å². The van der Waals surface area contributed by atoms with Crippen molar-refractivity contribution in [2.24, 2.45) is 0 Å². The predicted molar refractivity (Wildman–Crippen MR) is 114 cm³/mol. The third-order valence-corrected chi connectivity index (χ3v) is 5.29. The van der Waals surface area contributed by atoms with Crippen LogP contribution in [0, 0.1) is 0 Å². The summed E-state index contributed by atoms with van der Waals surface area (Å²) >= 11 is 0. The molecule has 1 saturated heterocycles. The molecule has 2 amide bonds. The van der Waals surface area contributed by atoms with Gasteiger partial charge in [0, 0.05) is 37.9 Å². The van der Waals surface area contributed by atoms with Gasteiger partial charge in [-0.1, -0.05) is 18.2 Å². The second-order valence-electron chi connectivity index (χ2n) is 7.24. The zero-order valence-electron chi connectivity index (χ0n) is 16.7. The molecule has 0 spiro atoms. The molecule has 1 aromatic carbocycles. The Morgan fingerprint density at radius 2 is 1.58 bits per heavy atom. The summed E-state index contributed by atoms with van der Waals surface area (Å²) in [7, 11) is 0. The fourth-order valence-corrected chi connectivity index (χ4v) is 3.66. The van der Waals surface area contributed by atoms with Gasteiger partial charge in [0.05, 0.1) is 17.9 Å². The number of nitrogens with one attached hydrogen (secondary N) is 1. The van der Waals surface area contributed by atoms with Gasteiger partial charge >= 0.3 is 0 Å². The normalized spacial score (nSPS) is 14.1. The van der Waals surface area contributed by atoms with Gasteiger partial charge in [-0.3, -0.25) is 9.59 Å². The Kier molecular flexibility index (Phi) is 4.87. The molecule has 1 aliphatic heterocycles. The zero-order valence-corrected chi connectivity index (χ0v) is 16.7. The highest BCUT2D eigenvalue weighted by Gasteiger charge is 2.28. The Morgan fingerprint density at radius 1 is 0.839 bits per heavy atom. The Bertz CT molecular complexity index is 1210. The number of carbonyl (C=O) groups is 2. The van der Waals surface area contributed by atoms with E-state index in [1.165, 1.54) is 6.26 Å². The van der Waals surface area contributed by atoms with Crippen molar-refractivity contribution in [1.29, 1.82) is 0 Å². The molecule has 0 bridgehead atoms. The number of nitrogens with zero attached hydrogens (tertiary/aromatic N) is 3. The first-order valence-electron chi connectivity index (χ1n) is 10.0. The fourth-order valence-electron chi connectivity index (χ4n) is 3.66. The van der Waals surface area contributed by atoms with Gasteiger partial charge in [-0.15, -0.1) is 0 Å². The highest BCUT2D eigenvalue weighted by molar-refractivity contribution is 5.99. The van der Waals surface area contributed by atoms with Crippen molar-refractivity contribution in [2.75, 3.05) is 31.5 Å². The number of aromatic nitrogens is 1. The van der Waals surface area contributed by atoms with Crippen molar-refractivity contribution < 1.29 is 18.4 Å². The molecule has 0 atom stereocenters. The van der Waals surface area contributed by atoms with E-state index in [1.807, 2.05) is 36.4 Å². The number of fused-ring (bicyclic) bond motifs is 1. The number of amides is 2. The molecule has 4 aromatic rings. The quantitative estimate of drug-likeness (QED) is 0.545. The van der Waals surface area contributed by atoms with E-state index in [2.05, 4.69) is 10.3 Å². The molecule has 0 saturated carbocycles. The lowest BCUT2D eigenvalue weighted by molar-refractivity contribution is 0.0515. The summed E-state index contributed by atoms with van der Waals surface area (Å²) in [6, 6.07) is 16.4. The molecule has 8 heteroatoms. The summed E-state index contributed by atoms with van der Waals surface area (Å²) in [5, 5.41) is 4.06. The number of rotatable bonds is 4. The van der Waals surface area contributed by atoms with Crippen LogP contribution in [0.4, 0.5) is 11.5 Å². The summed E-state index contributed by atoms with van der Waals surface area (Å²) < 4.78 is 10.7. The van der Waals surface area contributed by atoms with Crippen molar-refractivity contribution in [1.82, 2.24) is 14.8 Å². The third-order valence-electron chi connectivity index (χ3n) is 5.29. The first-order valence-corrected chi connectivity index (χ1v) is 10.0. The van der Waals surface area contributed by atoms with Crippen LogP contribution >= 0.6 is 0 Å². The van der Waals surface area contributed by atoms with Crippen LogP contribution in [0.15, 0.2) is 76.0 Å². The number of carbonyl (C=O) groups excluding carboxylic acids is 2. The molecule has 8 nitrogen and oxygen atoms in total. The molecule has 156 valence electrons. The Labute approximate surface area is 178 Å². The van der Waals surface area contributed by atoms with Crippen molar-refractivity contribution in [2.45, 2.75) is 0 Å². The third kappa shape index (κ3) is 3.75. The lowest BCUT2D eigenvalue weighted by atomic mass is 10.2. The molecule has 0 radical (unpaired) electrons. The van der Waals surface area contributed by atoms with Crippen molar-refractivity contribution in [3.05, 3.63) is 78.6 Å². The van der Waals surface area contributed by atoms with Gasteiger partial charge in [-0.05, 0) is 30.3 Å². The molecular weight excluding hydrogens is 396 g/mol. The number of pyridine rings is 1. The Morgan fingerprint density at radius 3 is 2.29 bits per heavy atom. The van der Waals surface area contributed by atoms with Gasteiger partial charge < -0.3 is 24.0 Å². The summed E-state index contributed by atoms with van der Waals surface area (Å²) in [5.74, 6) is 0.509. The largest absolute Gasteiger partial charge is 0.464 e. The molecule has 5 rings (SSSR count). The molecule has 1 aliphatic rings. The van der Waals surface area contributed by atoms with Crippen LogP contribution in [0.1, 0.15) is 21.0 Å². The van der Waals surface area contributed by atoms with E-state index in [4.69, 9.17) is 8.83 Å². The van der Waals surface area contributed by atoms with E-state index in [9.17, 15) is 9.59 Å². The van der Waals surface area contributed by atoms with E-state index in [1.54, 1.807) is 34.3 Å². The number of piperazine rings is 1. The molecule has 0 unspecified atom stereocenters. The summed E-state index contributed by atoms with van der Waals surface area (Å²) in [4.78, 5) is 33.6. The number of furan rings is 2. The van der Waals surface area contributed by atoms with Crippen molar-refractivity contribution in [3.8, 4) is 0 Å². The first-order chi connectivity index (χ1) is 15.2. The molecule has 1 fully saturated rings. The van der Waals surface area contributed by atoms with Crippen LogP contribution in [-0.4, -0.2) is 52.8 Å². The van der Waals surface area contributed by atoms with Crippen LogP contribution in [0.5, 0.6) is 0 Å². The van der Waals surface area contributed by atoms with Crippen LogP contribution in [0.3, 0.4) is 0 Å². The lowest BCUT2D eigenvalue weighted by Crippen LogP contribution is -2.50. The fraction of sp³-hybridized carbons (Fsp3) is 0.174. The minimum absolute atomic E-state index is 0.165. The number of hydrogen-bond donors (Lipinski definition) is 1. The summed E-state index contributed by atoms with van der Waals surface area (Å²) in [6.45, 7) is 1.71. The molecule has 3 aromatic heterocycles. The smallest absolute Gasteiger partial charge is 0.289 e. The highest BCUT2D eigenvalue weighted by atomic mass is 16.3. The maximum Gasteiger partial charge on any atom is 0.289 e. The number of benzene rings is 1. The molecule has 1 N–H and O–H groups in total. The van der Waals surface area contributed by atoms with E-state index in [-0.39, 0.29) is 11.8 Å². The second kappa shape index (κ2) is 7.98. The second-order valence-corrected chi connectivity index (χ2v) is 7.24. The summed E-state index contributed by atoms with van der Waals surface area (Å²) in [6.07, 6.45) is 3.06. The van der Waals surface area contributed by atoms with Crippen molar-refractivity contribution in [3.63, 3.8) is 0 Å². The minimum Gasteiger partial charge on any atom is -0.464 e. The van der Waals surface area contributed by atoms with Gasteiger partial charge in [-0.25, -0.2) is 4.98 Å². The Hall–Kier alpha value is -4.07. The monoisotopic (exact) mass is 416 g/mol. The Balaban J connectivity index is 1.34. The van der Waals surface area contributed by atoms with Gasteiger partial charge in [0.15, 0.2) is 5.76 Å². The van der Waals surface area contributed by atoms with Crippen LogP contribution in [0.25, 0.3) is 11.0 Å². The van der Waals surface area contributed by atoms with Crippen LogP contribution in [-0.2, 0) is 0 Å². The number of hydrogen-bond acceptors (Lipinski definition) is 6. The van der Waals surface area contributed by atoms with E-state index in [0.717, 1.165) is 11.1 Å². The van der Waals surface area contributed by atoms with Crippen LogP contribution in [0.2, 0.25) is 0 Å².